The molecule has 0 radical (unpaired) electrons. The molecule has 104 valence electrons. The summed E-state index contributed by atoms with van der Waals surface area (Å²) >= 11 is 0. The van der Waals surface area contributed by atoms with Crippen LogP contribution in [0.15, 0.2) is 42.5 Å². The van der Waals surface area contributed by atoms with Crippen LogP contribution in [-0.4, -0.2) is 11.7 Å². The van der Waals surface area contributed by atoms with Gasteiger partial charge in [0.05, 0.1) is 12.6 Å². The standard InChI is InChI=1S/C17H13FN2O/c1-11-7-13(3-5-16(11)18)20-14(10-19)8-12-9-15(21-2)4-6-17(12)20/h3-9H,1-2H3. The number of aryl methyl sites for hydroxylation is 1. The summed E-state index contributed by atoms with van der Waals surface area (Å²) in [6.07, 6.45) is 0. The number of aromatic nitrogens is 1. The molecule has 21 heavy (non-hydrogen) atoms. The van der Waals surface area contributed by atoms with E-state index in [1.165, 1.54) is 6.07 Å². The van der Waals surface area contributed by atoms with Crippen LogP contribution in [0.4, 0.5) is 4.39 Å². The van der Waals surface area contributed by atoms with Gasteiger partial charge in [0.2, 0.25) is 0 Å². The first-order valence-corrected chi connectivity index (χ1v) is 6.50. The molecule has 3 rings (SSSR count). The topological polar surface area (TPSA) is 37.9 Å². The lowest BCUT2D eigenvalue weighted by Gasteiger charge is -2.09. The van der Waals surface area contributed by atoms with Gasteiger partial charge in [0.15, 0.2) is 0 Å². The number of benzene rings is 2. The molecule has 3 aromatic rings. The second kappa shape index (κ2) is 4.95. The first kappa shape index (κ1) is 13.2. The number of hydrogen-bond donors (Lipinski definition) is 0. The number of halogens is 1. The van der Waals surface area contributed by atoms with Gasteiger partial charge < -0.3 is 9.30 Å². The first-order valence-electron chi connectivity index (χ1n) is 6.50. The van der Waals surface area contributed by atoms with Gasteiger partial charge in [-0.2, -0.15) is 5.26 Å². The van der Waals surface area contributed by atoms with Crippen LogP contribution >= 0.6 is 0 Å². The number of rotatable bonds is 2. The number of nitriles is 1. The Bertz CT molecular complexity index is 874. The molecule has 3 nitrogen and oxygen atoms in total. The maximum absolute atomic E-state index is 13.4. The number of nitrogens with zero attached hydrogens (tertiary/aromatic N) is 2. The van der Waals surface area contributed by atoms with E-state index in [1.54, 1.807) is 32.2 Å². The second-order valence-corrected chi connectivity index (χ2v) is 4.84. The Hall–Kier alpha value is -2.80. The van der Waals surface area contributed by atoms with Crippen molar-refractivity contribution >= 4 is 10.9 Å². The predicted molar refractivity (Wildman–Crippen MR) is 79.2 cm³/mol. The highest BCUT2D eigenvalue weighted by atomic mass is 19.1. The van der Waals surface area contributed by atoms with E-state index in [9.17, 15) is 9.65 Å². The van der Waals surface area contributed by atoms with Crippen LogP contribution < -0.4 is 4.74 Å². The fourth-order valence-corrected chi connectivity index (χ4v) is 2.45. The summed E-state index contributed by atoms with van der Waals surface area (Å²) in [4.78, 5) is 0. The minimum absolute atomic E-state index is 0.254. The van der Waals surface area contributed by atoms with E-state index >= 15 is 0 Å². The van der Waals surface area contributed by atoms with Crippen molar-refractivity contribution in [3.63, 3.8) is 0 Å². The van der Waals surface area contributed by atoms with E-state index in [1.807, 2.05) is 22.8 Å². The van der Waals surface area contributed by atoms with Gasteiger partial charge in [0.25, 0.3) is 0 Å². The first-order chi connectivity index (χ1) is 10.1. The molecule has 0 amide bonds. The van der Waals surface area contributed by atoms with Crippen molar-refractivity contribution in [3.05, 3.63) is 59.5 Å². The molecule has 0 fully saturated rings. The quantitative estimate of drug-likeness (QED) is 0.712. The zero-order chi connectivity index (χ0) is 15.0. The normalized spacial score (nSPS) is 10.6. The largest absolute Gasteiger partial charge is 0.497 e. The average molecular weight is 280 g/mol. The van der Waals surface area contributed by atoms with Gasteiger partial charge in [0.1, 0.15) is 23.3 Å². The lowest BCUT2D eigenvalue weighted by molar-refractivity contribution is 0.415. The van der Waals surface area contributed by atoms with Crippen LogP contribution in [0.25, 0.3) is 16.6 Å². The summed E-state index contributed by atoms with van der Waals surface area (Å²) in [6.45, 7) is 1.71. The van der Waals surface area contributed by atoms with Gasteiger partial charge >= 0.3 is 0 Å². The fraction of sp³-hybridized carbons (Fsp3) is 0.118. The molecular weight excluding hydrogens is 267 g/mol. The number of hydrogen-bond acceptors (Lipinski definition) is 2. The third kappa shape index (κ3) is 2.13. The van der Waals surface area contributed by atoms with E-state index < -0.39 is 0 Å². The summed E-state index contributed by atoms with van der Waals surface area (Å²) in [6, 6.07) is 14.4. The monoisotopic (exact) mass is 280 g/mol. The summed E-state index contributed by atoms with van der Waals surface area (Å²) in [7, 11) is 1.60. The molecule has 0 saturated carbocycles. The molecule has 0 aliphatic carbocycles. The molecule has 0 bridgehead atoms. The maximum atomic E-state index is 13.4. The fourth-order valence-electron chi connectivity index (χ4n) is 2.45. The molecule has 1 aromatic heterocycles. The second-order valence-electron chi connectivity index (χ2n) is 4.84. The summed E-state index contributed by atoms with van der Waals surface area (Å²) in [5.74, 6) is 0.481. The van der Waals surface area contributed by atoms with Crippen molar-refractivity contribution in [2.45, 2.75) is 6.92 Å². The Morgan fingerprint density at radius 3 is 2.62 bits per heavy atom. The third-order valence-corrected chi connectivity index (χ3v) is 3.52. The van der Waals surface area contributed by atoms with E-state index in [-0.39, 0.29) is 5.82 Å². The average Bonchev–Trinajstić information content (AvgIpc) is 2.87. The Morgan fingerprint density at radius 1 is 1.14 bits per heavy atom. The summed E-state index contributed by atoms with van der Waals surface area (Å²) < 4.78 is 20.5. The van der Waals surface area contributed by atoms with Crippen LogP contribution in [-0.2, 0) is 0 Å². The lowest BCUT2D eigenvalue weighted by Crippen LogP contribution is -1.98. The lowest BCUT2D eigenvalue weighted by atomic mass is 10.2. The van der Waals surface area contributed by atoms with Crippen LogP contribution in [0.1, 0.15) is 11.3 Å². The molecule has 1 heterocycles. The Morgan fingerprint density at radius 2 is 1.95 bits per heavy atom. The Balaban J connectivity index is 2.30. The molecule has 4 heteroatoms. The SMILES string of the molecule is COc1ccc2c(c1)cc(C#N)n2-c1ccc(F)c(C)c1. The van der Waals surface area contributed by atoms with Crippen molar-refractivity contribution in [1.82, 2.24) is 4.57 Å². The van der Waals surface area contributed by atoms with Crippen molar-refractivity contribution in [2.75, 3.05) is 7.11 Å². The highest BCUT2D eigenvalue weighted by Gasteiger charge is 2.12. The van der Waals surface area contributed by atoms with Gasteiger partial charge in [-0.05, 0) is 55.0 Å². The van der Waals surface area contributed by atoms with Crippen LogP contribution in [0.2, 0.25) is 0 Å². The number of methoxy groups -OCH3 is 1. The molecular formula is C17H13FN2O. The van der Waals surface area contributed by atoms with Crippen molar-refractivity contribution in [1.29, 1.82) is 5.26 Å². The Labute approximate surface area is 121 Å². The molecule has 0 aliphatic heterocycles. The van der Waals surface area contributed by atoms with Gasteiger partial charge in [-0.15, -0.1) is 0 Å². The third-order valence-electron chi connectivity index (χ3n) is 3.52. The molecule has 0 aliphatic rings. The van der Waals surface area contributed by atoms with Gasteiger partial charge in [-0.3, -0.25) is 0 Å². The molecule has 0 spiro atoms. The minimum Gasteiger partial charge on any atom is -0.497 e. The van der Waals surface area contributed by atoms with Crippen molar-refractivity contribution < 1.29 is 9.13 Å². The summed E-state index contributed by atoms with van der Waals surface area (Å²) in [5.41, 5.74) is 2.71. The molecule has 0 N–H and O–H groups in total. The van der Waals surface area contributed by atoms with Crippen molar-refractivity contribution in [3.8, 4) is 17.5 Å². The van der Waals surface area contributed by atoms with Crippen molar-refractivity contribution in [2.24, 2.45) is 0 Å². The summed E-state index contributed by atoms with van der Waals surface area (Å²) in [5, 5.41) is 10.3. The van der Waals surface area contributed by atoms with Gasteiger partial charge in [0, 0.05) is 11.1 Å². The smallest absolute Gasteiger partial charge is 0.126 e. The molecule has 0 unspecified atom stereocenters. The highest BCUT2D eigenvalue weighted by molar-refractivity contribution is 5.85. The Kier molecular flexibility index (Phi) is 3.11. The minimum atomic E-state index is -0.254. The highest BCUT2D eigenvalue weighted by Crippen LogP contribution is 2.28. The molecule has 0 saturated heterocycles. The number of ether oxygens (including phenoxy) is 1. The van der Waals surface area contributed by atoms with Crippen LogP contribution in [0.3, 0.4) is 0 Å². The molecule has 0 atom stereocenters. The van der Waals surface area contributed by atoms with E-state index in [4.69, 9.17) is 4.74 Å². The predicted octanol–water partition coefficient (Wildman–Crippen LogP) is 3.96. The van der Waals surface area contributed by atoms with E-state index in [2.05, 4.69) is 6.07 Å². The maximum Gasteiger partial charge on any atom is 0.126 e. The van der Waals surface area contributed by atoms with Crippen LogP contribution in [0, 0.1) is 24.1 Å². The zero-order valence-electron chi connectivity index (χ0n) is 11.7. The van der Waals surface area contributed by atoms with Gasteiger partial charge in [-0.25, -0.2) is 4.39 Å². The van der Waals surface area contributed by atoms with E-state index in [0.29, 0.717) is 11.3 Å². The van der Waals surface area contributed by atoms with Gasteiger partial charge in [-0.1, -0.05) is 0 Å². The molecule has 2 aromatic carbocycles. The zero-order valence-corrected chi connectivity index (χ0v) is 11.7. The number of fused-ring (bicyclic) bond motifs is 1. The van der Waals surface area contributed by atoms with E-state index in [0.717, 1.165) is 22.3 Å². The van der Waals surface area contributed by atoms with Crippen LogP contribution in [0.5, 0.6) is 5.75 Å².